The number of hydrogen-bond donors (Lipinski definition) is 2. The number of benzene rings is 2. The summed E-state index contributed by atoms with van der Waals surface area (Å²) in [6.07, 6.45) is 0. The molecule has 0 fully saturated rings. The van der Waals surface area contributed by atoms with Crippen molar-refractivity contribution < 1.29 is 14.0 Å². The van der Waals surface area contributed by atoms with E-state index in [1.54, 1.807) is 42.1 Å². The van der Waals surface area contributed by atoms with Gasteiger partial charge in [0.05, 0.1) is 5.69 Å². The lowest BCUT2D eigenvalue weighted by Gasteiger charge is -2.32. The normalized spacial score (nSPS) is 18.1. The van der Waals surface area contributed by atoms with E-state index in [1.165, 1.54) is 12.1 Å². The molecule has 29 heavy (non-hydrogen) atoms. The Morgan fingerprint density at radius 2 is 1.93 bits per heavy atom. The molecule has 0 bridgehead atoms. The van der Waals surface area contributed by atoms with Crippen molar-refractivity contribution in [1.82, 2.24) is 15.1 Å². The summed E-state index contributed by atoms with van der Waals surface area (Å²) in [5.41, 5.74) is 3.49. The van der Waals surface area contributed by atoms with Crippen molar-refractivity contribution in [2.24, 2.45) is 7.05 Å². The van der Waals surface area contributed by atoms with E-state index in [2.05, 4.69) is 15.7 Å². The molecule has 2 aromatic carbocycles. The lowest BCUT2D eigenvalue weighted by atomic mass is 9.82. The van der Waals surface area contributed by atoms with Crippen LogP contribution >= 0.6 is 0 Å². The van der Waals surface area contributed by atoms with Crippen LogP contribution in [0.25, 0.3) is 0 Å². The summed E-state index contributed by atoms with van der Waals surface area (Å²) >= 11 is 0. The number of carbonyl (C=O) groups excluding carboxylic acids is 2. The topological polar surface area (TPSA) is 76.0 Å². The molecule has 1 aromatic heterocycles. The average Bonchev–Trinajstić information content (AvgIpc) is 2.95. The molecule has 6 nitrogen and oxygen atoms in total. The Morgan fingerprint density at radius 3 is 2.66 bits per heavy atom. The Hall–Kier alpha value is -3.48. The third-order valence-electron chi connectivity index (χ3n) is 5.21. The lowest BCUT2D eigenvalue weighted by molar-refractivity contribution is -0.118. The summed E-state index contributed by atoms with van der Waals surface area (Å²) < 4.78 is 15.6. The van der Waals surface area contributed by atoms with Gasteiger partial charge in [-0.15, -0.1) is 0 Å². The highest BCUT2D eigenvalue weighted by Crippen LogP contribution is 2.39. The fourth-order valence-corrected chi connectivity index (χ4v) is 3.93. The van der Waals surface area contributed by atoms with Gasteiger partial charge in [0.1, 0.15) is 17.7 Å². The highest BCUT2D eigenvalue weighted by atomic mass is 19.1. The summed E-state index contributed by atoms with van der Waals surface area (Å²) in [5, 5.41) is 10.1. The molecule has 0 saturated heterocycles. The SMILES string of the molecule is Cc1cccc(C(=O)N[C@H]2C(=O)Nc3c(c(C)nn3C)[C@H]2c2cccc(F)c2)c1. The second-order valence-electron chi connectivity index (χ2n) is 7.31. The van der Waals surface area contributed by atoms with E-state index in [9.17, 15) is 14.0 Å². The summed E-state index contributed by atoms with van der Waals surface area (Å²) in [5.74, 6) is -1.13. The molecule has 0 saturated carbocycles. The molecule has 0 spiro atoms. The van der Waals surface area contributed by atoms with Crippen LogP contribution in [0.2, 0.25) is 0 Å². The van der Waals surface area contributed by atoms with E-state index in [-0.39, 0.29) is 11.8 Å². The molecule has 2 atom stereocenters. The van der Waals surface area contributed by atoms with Crippen LogP contribution in [0.3, 0.4) is 0 Å². The number of carbonyl (C=O) groups is 2. The predicted octanol–water partition coefficient (Wildman–Crippen LogP) is 3.06. The van der Waals surface area contributed by atoms with Gasteiger partial charge in [-0.1, -0.05) is 29.8 Å². The van der Waals surface area contributed by atoms with Crippen LogP contribution in [-0.4, -0.2) is 27.6 Å². The van der Waals surface area contributed by atoms with Crippen molar-refractivity contribution in [3.8, 4) is 0 Å². The maximum atomic E-state index is 14.0. The van der Waals surface area contributed by atoms with Crippen molar-refractivity contribution >= 4 is 17.6 Å². The first kappa shape index (κ1) is 18.9. The Labute approximate surface area is 167 Å². The van der Waals surface area contributed by atoms with Crippen molar-refractivity contribution in [1.29, 1.82) is 0 Å². The smallest absolute Gasteiger partial charge is 0.251 e. The first-order valence-corrected chi connectivity index (χ1v) is 9.32. The van der Waals surface area contributed by atoms with Gasteiger partial charge in [-0.2, -0.15) is 5.10 Å². The number of halogens is 1. The zero-order valence-electron chi connectivity index (χ0n) is 16.4. The van der Waals surface area contributed by atoms with Crippen LogP contribution in [0.1, 0.15) is 38.7 Å². The molecular weight excluding hydrogens is 371 g/mol. The van der Waals surface area contributed by atoms with Crippen LogP contribution < -0.4 is 10.6 Å². The Kier molecular flexibility index (Phi) is 4.66. The van der Waals surface area contributed by atoms with Crippen LogP contribution in [0.5, 0.6) is 0 Å². The number of anilines is 1. The van der Waals surface area contributed by atoms with Crippen LogP contribution in [0.4, 0.5) is 10.2 Å². The molecule has 2 N–H and O–H groups in total. The molecule has 0 unspecified atom stereocenters. The van der Waals surface area contributed by atoms with E-state index in [0.29, 0.717) is 22.6 Å². The van der Waals surface area contributed by atoms with E-state index < -0.39 is 17.8 Å². The zero-order valence-corrected chi connectivity index (χ0v) is 16.4. The maximum Gasteiger partial charge on any atom is 0.251 e. The minimum Gasteiger partial charge on any atom is -0.339 e. The van der Waals surface area contributed by atoms with Gasteiger partial charge in [-0.05, 0) is 43.7 Å². The summed E-state index contributed by atoms with van der Waals surface area (Å²) in [4.78, 5) is 25.8. The molecule has 7 heteroatoms. The van der Waals surface area contributed by atoms with Gasteiger partial charge in [0.25, 0.3) is 5.91 Å². The number of fused-ring (bicyclic) bond motifs is 1. The van der Waals surface area contributed by atoms with Gasteiger partial charge in [-0.25, -0.2) is 4.39 Å². The quantitative estimate of drug-likeness (QED) is 0.719. The molecule has 1 aliphatic heterocycles. The number of hydrogen-bond acceptors (Lipinski definition) is 3. The second-order valence-corrected chi connectivity index (χ2v) is 7.31. The number of aryl methyl sites for hydroxylation is 3. The number of nitrogens with zero attached hydrogens (tertiary/aromatic N) is 2. The Morgan fingerprint density at radius 1 is 1.17 bits per heavy atom. The van der Waals surface area contributed by atoms with E-state index >= 15 is 0 Å². The molecule has 2 amide bonds. The highest BCUT2D eigenvalue weighted by molar-refractivity contribution is 6.03. The maximum absolute atomic E-state index is 14.0. The summed E-state index contributed by atoms with van der Waals surface area (Å²) in [7, 11) is 1.74. The van der Waals surface area contributed by atoms with E-state index in [0.717, 1.165) is 11.1 Å². The van der Waals surface area contributed by atoms with E-state index in [4.69, 9.17) is 0 Å². The fourth-order valence-electron chi connectivity index (χ4n) is 3.93. The Bertz CT molecular complexity index is 1120. The van der Waals surface area contributed by atoms with Crippen LogP contribution in [0, 0.1) is 19.7 Å². The second kappa shape index (κ2) is 7.16. The number of aromatic nitrogens is 2. The zero-order chi connectivity index (χ0) is 20.7. The predicted molar refractivity (Wildman–Crippen MR) is 107 cm³/mol. The van der Waals surface area contributed by atoms with Crippen molar-refractivity contribution in [2.45, 2.75) is 25.8 Å². The van der Waals surface area contributed by atoms with Crippen molar-refractivity contribution in [3.05, 3.63) is 82.3 Å². The standard InChI is InChI=1S/C22H21FN4O2/c1-12-6-4-8-15(10-12)21(28)24-19-18(14-7-5-9-16(23)11-14)17-13(2)26-27(3)20(17)25-22(19)29/h4-11,18-19H,1-3H3,(H,24,28)(H,25,29)/t18-,19-/m1/s1. The van der Waals surface area contributed by atoms with Crippen LogP contribution in [0.15, 0.2) is 48.5 Å². The third kappa shape index (κ3) is 3.40. The number of rotatable bonds is 3. The van der Waals surface area contributed by atoms with E-state index in [1.807, 2.05) is 19.9 Å². The third-order valence-corrected chi connectivity index (χ3v) is 5.21. The van der Waals surface area contributed by atoms with Gasteiger partial charge in [0, 0.05) is 24.1 Å². The minimum atomic E-state index is -0.903. The molecule has 148 valence electrons. The van der Waals surface area contributed by atoms with Crippen LogP contribution in [-0.2, 0) is 11.8 Å². The monoisotopic (exact) mass is 392 g/mol. The number of amides is 2. The van der Waals surface area contributed by atoms with Gasteiger partial charge in [0.2, 0.25) is 5.91 Å². The largest absolute Gasteiger partial charge is 0.339 e. The lowest BCUT2D eigenvalue weighted by Crippen LogP contribution is -2.50. The minimum absolute atomic E-state index is 0.361. The van der Waals surface area contributed by atoms with Gasteiger partial charge in [0.15, 0.2) is 0 Å². The summed E-state index contributed by atoms with van der Waals surface area (Å²) in [6.45, 7) is 3.73. The van der Waals surface area contributed by atoms with Gasteiger partial charge >= 0.3 is 0 Å². The molecule has 4 rings (SSSR count). The van der Waals surface area contributed by atoms with Crippen molar-refractivity contribution in [2.75, 3.05) is 5.32 Å². The molecule has 0 aliphatic carbocycles. The highest BCUT2D eigenvalue weighted by Gasteiger charge is 2.41. The first-order valence-electron chi connectivity index (χ1n) is 9.32. The van der Waals surface area contributed by atoms with Crippen molar-refractivity contribution in [3.63, 3.8) is 0 Å². The molecule has 1 aliphatic rings. The molecule has 3 aromatic rings. The Balaban J connectivity index is 1.79. The number of nitrogens with one attached hydrogen (secondary N) is 2. The van der Waals surface area contributed by atoms with Gasteiger partial charge in [-0.3, -0.25) is 14.3 Å². The summed E-state index contributed by atoms with van der Waals surface area (Å²) in [6, 6.07) is 12.3. The molecular formula is C22H21FN4O2. The first-order chi connectivity index (χ1) is 13.8. The van der Waals surface area contributed by atoms with Gasteiger partial charge < -0.3 is 10.6 Å². The molecule has 0 radical (unpaired) electrons. The molecule has 2 heterocycles. The average molecular weight is 392 g/mol. The fraction of sp³-hybridized carbons (Fsp3) is 0.227.